The van der Waals surface area contributed by atoms with Crippen molar-refractivity contribution in [1.29, 1.82) is 0 Å². The Morgan fingerprint density at radius 1 is 0.906 bits per heavy atom. The first-order valence-corrected chi connectivity index (χ1v) is 10.9. The molecular formula is C25H24BrN3O3. The van der Waals surface area contributed by atoms with E-state index in [4.69, 9.17) is 4.74 Å². The molecule has 0 atom stereocenters. The fraction of sp³-hybridized carbons (Fsp3) is 0.160. The van der Waals surface area contributed by atoms with Crippen LogP contribution in [0.15, 0.2) is 82.4 Å². The second kappa shape index (κ2) is 11.8. The molecule has 0 heterocycles. The van der Waals surface area contributed by atoms with Crippen LogP contribution >= 0.6 is 15.9 Å². The average Bonchev–Trinajstić information content (AvgIpc) is 2.80. The number of benzene rings is 3. The zero-order chi connectivity index (χ0) is 22.8. The molecule has 0 spiro atoms. The van der Waals surface area contributed by atoms with Gasteiger partial charge in [0.1, 0.15) is 12.4 Å². The maximum absolute atomic E-state index is 11.9. The lowest BCUT2D eigenvalue weighted by molar-refractivity contribution is -0.124. The number of nitrogens with one attached hydrogen (secondary N) is 2. The Bertz CT molecular complexity index is 1060. The summed E-state index contributed by atoms with van der Waals surface area (Å²) in [4.78, 5) is 23.8. The van der Waals surface area contributed by atoms with Gasteiger partial charge < -0.3 is 10.1 Å². The van der Waals surface area contributed by atoms with Crippen LogP contribution in [0.2, 0.25) is 0 Å². The second-order valence-corrected chi connectivity index (χ2v) is 8.11. The Kier molecular flexibility index (Phi) is 8.57. The van der Waals surface area contributed by atoms with Gasteiger partial charge in [0.15, 0.2) is 0 Å². The summed E-state index contributed by atoms with van der Waals surface area (Å²) < 4.78 is 6.79. The fourth-order valence-electron chi connectivity index (χ4n) is 2.72. The number of rotatable bonds is 9. The molecule has 3 aromatic rings. The van der Waals surface area contributed by atoms with Crippen molar-refractivity contribution in [3.63, 3.8) is 0 Å². The van der Waals surface area contributed by atoms with Crippen molar-refractivity contribution in [2.75, 3.05) is 5.32 Å². The number of carbonyl (C=O) groups excluding carboxylic acids is 2. The largest absolute Gasteiger partial charge is 0.489 e. The molecule has 3 rings (SSSR count). The maximum Gasteiger partial charge on any atom is 0.240 e. The molecule has 0 fully saturated rings. The van der Waals surface area contributed by atoms with E-state index >= 15 is 0 Å². The molecule has 6 nitrogen and oxygen atoms in total. The van der Waals surface area contributed by atoms with Gasteiger partial charge in [0.05, 0.1) is 6.21 Å². The minimum Gasteiger partial charge on any atom is -0.489 e. The van der Waals surface area contributed by atoms with Gasteiger partial charge in [-0.2, -0.15) is 5.10 Å². The number of amides is 2. The molecule has 0 unspecified atom stereocenters. The quantitative estimate of drug-likeness (QED) is 0.317. The van der Waals surface area contributed by atoms with E-state index in [0.29, 0.717) is 12.3 Å². The Morgan fingerprint density at radius 3 is 2.25 bits per heavy atom. The molecule has 0 aliphatic heterocycles. The average molecular weight is 494 g/mol. The number of carbonyl (C=O) groups is 2. The van der Waals surface area contributed by atoms with Crippen LogP contribution in [-0.2, 0) is 16.2 Å². The third-order valence-corrected chi connectivity index (χ3v) is 5.04. The van der Waals surface area contributed by atoms with Crippen molar-refractivity contribution in [3.8, 4) is 5.75 Å². The minimum atomic E-state index is -0.324. The first-order chi connectivity index (χ1) is 15.5. The predicted molar refractivity (Wildman–Crippen MR) is 130 cm³/mol. The lowest BCUT2D eigenvalue weighted by Crippen LogP contribution is -2.20. The normalized spacial score (nSPS) is 10.7. The van der Waals surface area contributed by atoms with E-state index in [-0.39, 0.29) is 24.7 Å². The van der Waals surface area contributed by atoms with Crippen LogP contribution < -0.4 is 15.5 Å². The highest BCUT2D eigenvalue weighted by Gasteiger charge is 2.06. The molecule has 0 aliphatic rings. The van der Waals surface area contributed by atoms with Gasteiger partial charge in [-0.1, -0.05) is 45.8 Å². The van der Waals surface area contributed by atoms with Crippen molar-refractivity contribution >= 4 is 39.6 Å². The maximum atomic E-state index is 11.9. The van der Waals surface area contributed by atoms with Gasteiger partial charge in [-0.15, -0.1) is 0 Å². The Balaban J connectivity index is 1.37. The first-order valence-electron chi connectivity index (χ1n) is 10.1. The number of hydrogen-bond donors (Lipinski definition) is 2. The van der Waals surface area contributed by atoms with Crippen LogP contribution in [-0.4, -0.2) is 18.0 Å². The Hall–Kier alpha value is -3.45. The number of nitrogens with zero attached hydrogens (tertiary/aromatic N) is 1. The second-order valence-electron chi connectivity index (χ2n) is 7.19. The molecule has 3 aromatic carbocycles. The van der Waals surface area contributed by atoms with E-state index in [1.54, 1.807) is 6.21 Å². The van der Waals surface area contributed by atoms with Crippen LogP contribution in [0, 0.1) is 6.92 Å². The van der Waals surface area contributed by atoms with Crippen LogP contribution in [0.1, 0.15) is 29.5 Å². The number of hydrazone groups is 1. The van der Waals surface area contributed by atoms with Crippen LogP contribution in [0.25, 0.3) is 0 Å². The van der Waals surface area contributed by atoms with Crippen molar-refractivity contribution in [2.45, 2.75) is 26.4 Å². The monoisotopic (exact) mass is 493 g/mol. The summed E-state index contributed by atoms with van der Waals surface area (Å²) >= 11 is 3.41. The molecular weight excluding hydrogens is 470 g/mol. The molecule has 0 bridgehead atoms. The molecule has 32 heavy (non-hydrogen) atoms. The van der Waals surface area contributed by atoms with E-state index < -0.39 is 0 Å². The highest BCUT2D eigenvalue weighted by molar-refractivity contribution is 9.10. The lowest BCUT2D eigenvalue weighted by atomic mass is 10.2. The summed E-state index contributed by atoms with van der Waals surface area (Å²) in [6, 6.07) is 22.8. The summed E-state index contributed by atoms with van der Waals surface area (Å²) in [6.07, 6.45) is 1.68. The van der Waals surface area contributed by atoms with E-state index in [0.717, 1.165) is 26.9 Å². The number of halogens is 1. The summed E-state index contributed by atoms with van der Waals surface area (Å²) in [5, 5.41) is 6.71. The van der Waals surface area contributed by atoms with E-state index in [2.05, 4.69) is 31.8 Å². The number of aryl methyl sites for hydroxylation is 1. The van der Waals surface area contributed by atoms with Gasteiger partial charge in [0, 0.05) is 23.0 Å². The minimum absolute atomic E-state index is 0.0534. The lowest BCUT2D eigenvalue weighted by Gasteiger charge is -2.06. The molecule has 0 saturated carbocycles. The highest BCUT2D eigenvalue weighted by Crippen LogP contribution is 2.15. The SMILES string of the molecule is Cc1ccc(NC(=O)CCC(=O)NN=Cc2ccc(OCc3ccc(Br)cc3)cc2)cc1. The van der Waals surface area contributed by atoms with Crippen LogP contribution in [0.3, 0.4) is 0 Å². The molecule has 0 radical (unpaired) electrons. The Morgan fingerprint density at radius 2 is 1.56 bits per heavy atom. The zero-order valence-electron chi connectivity index (χ0n) is 17.7. The smallest absolute Gasteiger partial charge is 0.240 e. The third kappa shape index (κ3) is 8.00. The first kappa shape index (κ1) is 23.2. The van der Waals surface area contributed by atoms with Gasteiger partial charge in [0.2, 0.25) is 11.8 Å². The zero-order valence-corrected chi connectivity index (χ0v) is 19.3. The van der Waals surface area contributed by atoms with Gasteiger partial charge in [-0.3, -0.25) is 9.59 Å². The summed E-state index contributed by atoms with van der Waals surface area (Å²) in [5.41, 5.74) is 6.16. The van der Waals surface area contributed by atoms with E-state index in [1.165, 1.54) is 0 Å². The number of ether oxygens (including phenoxy) is 1. The van der Waals surface area contributed by atoms with Crippen LogP contribution in [0.5, 0.6) is 5.75 Å². The van der Waals surface area contributed by atoms with Crippen molar-refractivity contribution < 1.29 is 14.3 Å². The Labute approximate surface area is 195 Å². The summed E-state index contributed by atoms with van der Waals surface area (Å²) in [6.45, 7) is 2.46. The molecule has 0 saturated heterocycles. The molecule has 164 valence electrons. The van der Waals surface area contributed by atoms with E-state index in [1.807, 2.05) is 79.7 Å². The third-order valence-electron chi connectivity index (χ3n) is 4.52. The van der Waals surface area contributed by atoms with Gasteiger partial charge >= 0.3 is 0 Å². The molecule has 7 heteroatoms. The summed E-state index contributed by atoms with van der Waals surface area (Å²) in [7, 11) is 0. The predicted octanol–water partition coefficient (Wildman–Crippen LogP) is 5.21. The van der Waals surface area contributed by atoms with Crippen molar-refractivity contribution in [3.05, 3.63) is 94.0 Å². The van der Waals surface area contributed by atoms with E-state index in [9.17, 15) is 9.59 Å². The summed E-state index contributed by atoms with van der Waals surface area (Å²) in [5.74, 6) is 0.204. The highest BCUT2D eigenvalue weighted by atomic mass is 79.9. The van der Waals surface area contributed by atoms with Crippen molar-refractivity contribution in [2.24, 2.45) is 5.10 Å². The fourth-order valence-corrected chi connectivity index (χ4v) is 2.98. The van der Waals surface area contributed by atoms with Gasteiger partial charge in [0.25, 0.3) is 0 Å². The number of hydrogen-bond acceptors (Lipinski definition) is 4. The van der Waals surface area contributed by atoms with Gasteiger partial charge in [-0.05, 0) is 66.6 Å². The topological polar surface area (TPSA) is 79.8 Å². The molecule has 0 aromatic heterocycles. The molecule has 0 aliphatic carbocycles. The number of anilines is 1. The standard InChI is InChI=1S/C25H24BrN3O3/c1-18-2-10-22(11-3-18)28-24(30)14-15-25(31)29-27-16-19-6-12-23(13-7-19)32-17-20-4-8-21(26)9-5-20/h2-13,16H,14-15,17H2,1H3,(H,28,30)(H,29,31). The molecule has 2 amide bonds. The van der Waals surface area contributed by atoms with Gasteiger partial charge in [-0.25, -0.2) is 5.43 Å². The van der Waals surface area contributed by atoms with Crippen molar-refractivity contribution in [1.82, 2.24) is 5.43 Å². The van der Waals surface area contributed by atoms with Crippen LogP contribution in [0.4, 0.5) is 5.69 Å². The molecule has 2 N–H and O–H groups in total.